The number of Topliss-reactive ketones (excluding diaryl/α,β-unsaturated/α-hetero) is 2. The molecule has 0 N–H and O–H groups in total. The summed E-state index contributed by atoms with van der Waals surface area (Å²) in [6.07, 6.45) is 4.21. The van der Waals surface area contributed by atoms with Crippen LogP contribution in [0.1, 0.15) is 64.6 Å². The van der Waals surface area contributed by atoms with Crippen LogP contribution in [0.25, 0.3) is 33.4 Å². The van der Waals surface area contributed by atoms with Crippen molar-refractivity contribution in [2.24, 2.45) is 0 Å². The van der Waals surface area contributed by atoms with E-state index in [4.69, 9.17) is 4.42 Å². The Kier molecular flexibility index (Phi) is 6.18. The highest BCUT2D eigenvalue weighted by Crippen LogP contribution is 2.50. The average molecular weight is 519 g/mol. The predicted octanol–water partition coefficient (Wildman–Crippen LogP) is 7.90. The molecule has 6 rings (SSSR count). The second-order valence-electron chi connectivity index (χ2n) is 10.3. The molecule has 0 atom stereocenters. The summed E-state index contributed by atoms with van der Waals surface area (Å²) < 4.78 is 19.7. The van der Waals surface area contributed by atoms with Crippen molar-refractivity contribution in [2.45, 2.75) is 44.9 Å². The molecule has 1 saturated carbocycles. The highest BCUT2D eigenvalue weighted by Gasteiger charge is 2.47. The Balaban J connectivity index is 1.39. The smallest absolute Gasteiger partial charge is 0.167 e. The number of ketones is 2. The molecule has 2 aromatic heterocycles. The van der Waals surface area contributed by atoms with Crippen LogP contribution < -0.4 is 0 Å². The van der Waals surface area contributed by atoms with Gasteiger partial charge in [0.25, 0.3) is 0 Å². The summed E-state index contributed by atoms with van der Waals surface area (Å²) in [5.41, 5.74) is 5.85. The van der Waals surface area contributed by atoms with Crippen LogP contribution in [0.3, 0.4) is 0 Å². The van der Waals surface area contributed by atoms with Crippen molar-refractivity contribution in [1.82, 2.24) is 10.2 Å². The number of benzene rings is 3. The fourth-order valence-corrected chi connectivity index (χ4v) is 5.30. The number of carbonyl (C=O) groups is 2. The predicted molar refractivity (Wildman–Crippen MR) is 148 cm³/mol. The van der Waals surface area contributed by atoms with Crippen LogP contribution in [0.5, 0.6) is 0 Å². The third kappa shape index (κ3) is 4.56. The van der Waals surface area contributed by atoms with Crippen molar-refractivity contribution >= 4 is 22.5 Å². The van der Waals surface area contributed by atoms with Crippen molar-refractivity contribution < 1.29 is 18.4 Å². The van der Waals surface area contributed by atoms with Crippen LogP contribution in [0.15, 0.2) is 83.4 Å². The summed E-state index contributed by atoms with van der Waals surface area (Å²) in [5.74, 6) is 0.108. The van der Waals surface area contributed by atoms with Crippen LogP contribution in [-0.2, 0) is 5.41 Å². The fourth-order valence-electron chi connectivity index (χ4n) is 5.30. The maximum absolute atomic E-state index is 13.6. The van der Waals surface area contributed by atoms with E-state index in [1.54, 1.807) is 18.3 Å². The van der Waals surface area contributed by atoms with Gasteiger partial charge in [0.2, 0.25) is 0 Å². The van der Waals surface area contributed by atoms with Gasteiger partial charge >= 0.3 is 0 Å². The Morgan fingerprint density at radius 1 is 0.949 bits per heavy atom. The first-order valence-corrected chi connectivity index (χ1v) is 13.2. The van der Waals surface area contributed by atoms with Gasteiger partial charge in [-0.3, -0.25) is 9.59 Å². The Labute approximate surface area is 225 Å². The van der Waals surface area contributed by atoms with Gasteiger partial charge in [0.15, 0.2) is 11.6 Å². The van der Waals surface area contributed by atoms with Crippen LogP contribution in [0.2, 0.25) is 0 Å². The number of aryl methyl sites for hydroxylation is 1. The van der Waals surface area contributed by atoms with Gasteiger partial charge in [-0.05, 0) is 91.1 Å². The highest BCUT2D eigenvalue weighted by molar-refractivity contribution is 6.12. The minimum absolute atomic E-state index is 0.0513. The van der Waals surface area contributed by atoms with Gasteiger partial charge in [-0.1, -0.05) is 25.1 Å². The number of rotatable bonds is 8. The van der Waals surface area contributed by atoms with Gasteiger partial charge in [0.1, 0.15) is 17.2 Å². The summed E-state index contributed by atoms with van der Waals surface area (Å²) in [5, 5.41) is 8.97. The van der Waals surface area contributed by atoms with Crippen LogP contribution in [0.4, 0.5) is 4.39 Å². The van der Waals surface area contributed by atoms with E-state index in [0.29, 0.717) is 46.3 Å². The van der Waals surface area contributed by atoms with E-state index in [9.17, 15) is 14.0 Å². The van der Waals surface area contributed by atoms with Crippen LogP contribution >= 0.6 is 0 Å². The molecule has 0 amide bonds. The first-order valence-electron chi connectivity index (χ1n) is 13.2. The zero-order valence-electron chi connectivity index (χ0n) is 21.8. The Morgan fingerprint density at radius 3 is 2.41 bits per heavy atom. The molecule has 5 nitrogen and oxygen atoms in total. The Hall–Kier alpha value is -4.45. The monoisotopic (exact) mass is 518 g/mol. The van der Waals surface area contributed by atoms with Crippen molar-refractivity contribution in [3.05, 3.63) is 107 Å². The third-order valence-electron chi connectivity index (χ3n) is 7.73. The van der Waals surface area contributed by atoms with Crippen molar-refractivity contribution in [3.63, 3.8) is 0 Å². The molecule has 194 valence electrons. The minimum Gasteiger partial charge on any atom is -0.455 e. The lowest BCUT2D eigenvalue weighted by Gasteiger charge is -2.14. The number of fused-ring (bicyclic) bond motifs is 1. The summed E-state index contributed by atoms with van der Waals surface area (Å²) in [6, 6.07) is 21.3. The number of furan rings is 1. The molecule has 1 fully saturated rings. The molecule has 0 radical (unpaired) electrons. The number of aromatic nitrogens is 2. The van der Waals surface area contributed by atoms with E-state index in [0.717, 1.165) is 35.2 Å². The van der Waals surface area contributed by atoms with E-state index in [1.165, 1.54) is 12.1 Å². The molecule has 0 saturated heterocycles. The van der Waals surface area contributed by atoms with Crippen LogP contribution in [0, 0.1) is 12.7 Å². The summed E-state index contributed by atoms with van der Waals surface area (Å²) in [6.45, 7) is 3.82. The highest BCUT2D eigenvalue weighted by atomic mass is 19.1. The normalized spacial score (nSPS) is 13.9. The van der Waals surface area contributed by atoms with Gasteiger partial charge in [-0.15, -0.1) is 0 Å². The van der Waals surface area contributed by atoms with Gasteiger partial charge in [-0.2, -0.15) is 10.2 Å². The zero-order chi connectivity index (χ0) is 27.1. The lowest BCUT2D eigenvalue weighted by Crippen LogP contribution is -2.15. The average Bonchev–Trinajstić information content (AvgIpc) is 3.65. The van der Waals surface area contributed by atoms with Crippen molar-refractivity contribution in [1.29, 1.82) is 0 Å². The molecular weight excluding hydrogens is 491 g/mol. The van der Waals surface area contributed by atoms with E-state index >= 15 is 0 Å². The maximum atomic E-state index is 13.6. The molecule has 5 aromatic rings. The standard InChI is InChI=1S/C33H27FN2O3/c1-3-27(37)31-26-17-22(10-13-29(26)39-32(31)21-8-11-24(34)12-9-21)25-18-23(7-6-20(25)2)28(38)19-33(14-15-33)30-5-4-16-35-36-30/h4-13,16-18H,3,14-15,19H2,1-2H3. The Morgan fingerprint density at radius 2 is 1.72 bits per heavy atom. The Bertz CT molecular complexity index is 1720. The number of halogens is 1. The van der Waals surface area contributed by atoms with E-state index < -0.39 is 0 Å². The zero-order valence-corrected chi connectivity index (χ0v) is 21.8. The number of hydrogen-bond acceptors (Lipinski definition) is 5. The van der Waals surface area contributed by atoms with E-state index in [2.05, 4.69) is 10.2 Å². The molecular formula is C33H27FN2O3. The number of hydrogen-bond donors (Lipinski definition) is 0. The quantitative estimate of drug-likeness (QED) is 0.195. The third-order valence-corrected chi connectivity index (χ3v) is 7.73. The molecule has 0 spiro atoms. The molecule has 0 bridgehead atoms. The van der Waals surface area contributed by atoms with Gasteiger partial charge in [0, 0.05) is 41.0 Å². The molecule has 6 heteroatoms. The lowest BCUT2D eigenvalue weighted by molar-refractivity contribution is 0.0966. The molecule has 0 aliphatic heterocycles. The SMILES string of the molecule is CCC(=O)c1c(-c2ccc(F)cc2)oc2ccc(-c3cc(C(=O)CC4(c5cccnn5)CC4)ccc3C)cc12. The largest absolute Gasteiger partial charge is 0.455 e. The van der Waals surface area contributed by atoms with Crippen LogP contribution in [-0.4, -0.2) is 21.8 Å². The van der Waals surface area contributed by atoms with E-state index in [-0.39, 0.29) is 22.8 Å². The first-order chi connectivity index (χ1) is 18.9. The maximum Gasteiger partial charge on any atom is 0.167 e. The van der Waals surface area contributed by atoms with Gasteiger partial charge in [0.05, 0.1) is 11.3 Å². The van der Waals surface area contributed by atoms with Gasteiger partial charge < -0.3 is 4.42 Å². The second kappa shape index (κ2) is 9.70. The van der Waals surface area contributed by atoms with Crippen molar-refractivity contribution in [2.75, 3.05) is 0 Å². The van der Waals surface area contributed by atoms with Crippen molar-refractivity contribution in [3.8, 4) is 22.5 Å². The fraction of sp³-hybridized carbons (Fsp3) is 0.212. The lowest BCUT2D eigenvalue weighted by atomic mass is 9.89. The molecule has 39 heavy (non-hydrogen) atoms. The minimum atomic E-state index is -0.352. The summed E-state index contributed by atoms with van der Waals surface area (Å²) in [4.78, 5) is 26.5. The molecule has 2 heterocycles. The molecule has 1 aliphatic carbocycles. The topological polar surface area (TPSA) is 73.1 Å². The van der Waals surface area contributed by atoms with Gasteiger partial charge in [-0.25, -0.2) is 4.39 Å². The molecule has 3 aromatic carbocycles. The second-order valence-corrected chi connectivity index (χ2v) is 10.3. The van der Waals surface area contributed by atoms with E-state index in [1.807, 2.05) is 62.4 Å². The molecule has 0 unspecified atom stereocenters. The molecule has 1 aliphatic rings. The first kappa shape index (κ1) is 24.9. The summed E-state index contributed by atoms with van der Waals surface area (Å²) in [7, 11) is 0. The number of nitrogens with zero attached hydrogens (tertiary/aromatic N) is 2. The summed E-state index contributed by atoms with van der Waals surface area (Å²) >= 11 is 0. The number of carbonyl (C=O) groups excluding carboxylic acids is 2.